The zero-order valence-electron chi connectivity index (χ0n) is 11.7. The highest BCUT2D eigenvalue weighted by Gasteiger charge is 2.03. The summed E-state index contributed by atoms with van der Waals surface area (Å²) in [7, 11) is 1.68. The van der Waals surface area contributed by atoms with Gasteiger partial charge in [0.1, 0.15) is 5.75 Å². The summed E-state index contributed by atoms with van der Waals surface area (Å²) in [6.45, 7) is 2.14. The van der Waals surface area contributed by atoms with Crippen LogP contribution in [0.15, 0.2) is 60.7 Å². The first-order chi connectivity index (χ1) is 9.78. The normalized spacial score (nSPS) is 10.5. The first-order valence-corrected chi connectivity index (χ1v) is 6.67. The third-order valence-corrected chi connectivity index (χ3v) is 3.51. The van der Waals surface area contributed by atoms with E-state index < -0.39 is 0 Å². The Labute approximate surface area is 119 Å². The summed E-state index contributed by atoms with van der Waals surface area (Å²) < 4.78 is 5.18. The smallest absolute Gasteiger partial charge is 0.119 e. The average molecular weight is 263 g/mol. The van der Waals surface area contributed by atoms with Gasteiger partial charge in [-0.05, 0) is 48.2 Å². The van der Waals surface area contributed by atoms with Crippen LogP contribution in [0, 0.1) is 6.92 Å². The Morgan fingerprint density at radius 2 is 1.50 bits per heavy atom. The molecule has 100 valence electrons. The summed E-state index contributed by atoms with van der Waals surface area (Å²) >= 11 is 0. The Morgan fingerprint density at radius 3 is 2.20 bits per heavy atom. The number of ether oxygens (including phenoxy) is 1. The van der Waals surface area contributed by atoms with E-state index in [2.05, 4.69) is 48.6 Å². The van der Waals surface area contributed by atoms with Gasteiger partial charge in [0.2, 0.25) is 0 Å². The molecule has 0 unspecified atom stereocenters. The average Bonchev–Trinajstić information content (AvgIpc) is 2.51. The minimum absolute atomic E-state index is 0.865. The molecule has 0 aliphatic heterocycles. The lowest BCUT2D eigenvalue weighted by molar-refractivity contribution is 0.415. The highest BCUT2D eigenvalue weighted by atomic mass is 16.5. The number of hydrogen-bond acceptors (Lipinski definition) is 2. The van der Waals surface area contributed by atoms with Crippen LogP contribution < -0.4 is 10.1 Å². The summed E-state index contributed by atoms with van der Waals surface area (Å²) in [5.74, 6) is 0.865. The van der Waals surface area contributed by atoms with E-state index in [-0.39, 0.29) is 0 Å². The zero-order chi connectivity index (χ0) is 13.9. The molecule has 0 bridgehead atoms. The maximum absolute atomic E-state index is 5.18. The van der Waals surface area contributed by atoms with Gasteiger partial charge in [0.25, 0.3) is 0 Å². The number of anilines is 2. The van der Waals surface area contributed by atoms with E-state index in [4.69, 9.17) is 4.74 Å². The molecule has 0 saturated heterocycles. The molecule has 0 heterocycles. The van der Waals surface area contributed by atoms with Gasteiger partial charge < -0.3 is 10.1 Å². The van der Waals surface area contributed by atoms with Gasteiger partial charge in [-0.2, -0.15) is 0 Å². The van der Waals surface area contributed by atoms with Gasteiger partial charge in [0, 0.05) is 16.8 Å². The number of rotatable bonds is 3. The van der Waals surface area contributed by atoms with Crippen LogP contribution in [0.2, 0.25) is 0 Å². The molecular weight excluding hydrogens is 246 g/mol. The van der Waals surface area contributed by atoms with E-state index in [0.717, 1.165) is 17.1 Å². The molecule has 0 atom stereocenters. The van der Waals surface area contributed by atoms with Gasteiger partial charge in [-0.1, -0.05) is 30.3 Å². The fourth-order valence-electron chi connectivity index (χ4n) is 2.39. The van der Waals surface area contributed by atoms with E-state index in [1.165, 1.54) is 16.3 Å². The Morgan fingerprint density at radius 1 is 0.800 bits per heavy atom. The third-order valence-electron chi connectivity index (χ3n) is 3.51. The van der Waals surface area contributed by atoms with Crippen LogP contribution in [-0.2, 0) is 0 Å². The van der Waals surface area contributed by atoms with Gasteiger partial charge >= 0.3 is 0 Å². The number of fused-ring (bicyclic) bond motifs is 1. The number of nitrogens with one attached hydrogen (secondary N) is 1. The maximum atomic E-state index is 5.18. The molecule has 20 heavy (non-hydrogen) atoms. The van der Waals surface area contributed by atoms with Crippen LogP contribution in [0.3, 0.4) is 0 Å². The topological polar surface area (TPSA) is 21.3 Å². The number of aryl methyl sites for hydroxylation is 1. The molecule has 0 radical (unpaired) electrons. The van der Waals surface area contributed by atoms with Crippen molar-refractivity contribution < 1.29 is 4.74 Å². The lowest BCUT2D eigenvalue weighted by atomic mass is 10.0. The van der Waals surface area contributed by atoms with Gasteiger partial charge in [-0.15, -0.1) is 0 Å². The predicted molar refractivity (Wildman–Crippen MR) is 85.0 cm³/mol. The van der Waals surface area contributed by atoms with Crippen molar-refractivity contribution in [2.24, 2.45) is 0 Å². The Hall–Kier alpha value is -2.48. The molecule has 0 aliphatic carbocycles. The second-order valence-electron chi connectivity index (χ2n) is 4.83. The zero-order valence-corrected chi connectivity index (χ0v) is 11.7. The van der Waals surface area contributed by atoms with Gasteiger partial charge in [-0.3, -0.25) is 0 Å². The van der Waals surface area contributed by atoms with Crippen molar-refractivity contribution in [1.82, 2.24) is 0 Å². The molecule has 0 fully saturated rings. The van der Waals surface area contributed by atoms with Crippen LogP contribution in [0.1, 0.15) is 5.56 Å². The summed E-state index contributed by atoms with van der Waals surface area (Å²) in [6, 6.07) is 20.7. The van der Waals surface area contributed by atoms with E-state index in [1.807, 2.05) is 24.3 Å². The van der Waals surface area contributed by atoms with E-state index in [0.29, 0.717) is 0 Å². The monoisotopic (exact) mass is 263 g/mol. The van der Waals surface area contributed by atoms with E-state index in [1.54, 1.807) is 7.11 Å². The second-order valence-corrected chi connectivity index (χ2v) is 4.83. The molecule has 0 spiro atoms. The Balaban J connectivity index is 2.00. The summed E-state index contributed by atoms with van der Waals surface area (Å²) in [5, 5.41) is 5.99. The quantitative estimate of drug-likeness (QED) is 0.725. The molecule has 1 N–H and O–H groups in total. The van der Waals surface area contributed by atoms with Crippen LogP contribution in [0.25, 0.3) is 10.8 Å². The van der Waals surface area contributed by atoms with Crippen molar-refractivity contribution in [3.05, 3.63) is 66.2 Å². The highest BCUT2D eigenvalue weighted by Crippen LogP contribution is 2.29. The molecule has 0 amide bonds. The number of methoxy groups -OCH3 is 1. The number of hydrogen-bond donors (Lipinski definition) is 1. The van der Waals surface area contributed by atoms with Crippen LogP contribution in [0.4, 0.5) is 11.4 Å². The highest BCUT2D eigenvalue weighted by molar-refractivity contribution is 5.97. The minimum atomic E-state index is 0.865. The van der Waals surface area contributed by atoms with Gasteiger partial charge in [0.15, 0.2) is 0 Å². The lowest BCUT2D eigenvalue weighted by Crippen LogP contribution is -1.92. The standard InChI is InChI=1S/C18H17NO/c1-13-7-12-18(17-6-4-3-5-16(13)17)19-14-8-10-15(20-2)11-9-14/h3-12,19H,1-2H3. The Bertz CT molecular complexity index is 732. The second kappa shape index (κ2) is 5.25. The van der Waals surface area contributed by atoms with Crippen LogP contribution in [0.5, 0.6) is 5.75 Å². The molecule has 0 saturated carbocycles. The van der Waals surface area contributed by atoms with Crippen molar-refractivity contribution in [3.8, 4) is 5.75 Å². The summed E-state index contributed by atoms with van der Waals surface area (Å²) in [4.78, 5) is 0. The first kappa shape index (κ1) is 12.5. The van der Waals surface area contributed by atoms with Gasteiger partial charge in [0.05, 0.1) is 7.11 Å². The fourth-order valence-corrected chi connectivity index (χ4v) is 2.39. The van der Waals surface area contributed by atoms with Crippen molar-refractivity contribution in [2.45, 2.75) is 6.92 Å². The molecule has 0 aromatic heterocycles. The predicted octanol–water partition coefficient (Wildman–Crippen LogP) is 4.90. The SMILES string of the molecule is COc1ccc(Nc2ccc(C)c3ccccc23)cc1. The molecule has 3 aromatic rings. The van der Waals surface area contributed by atoms with Crippen LogP contribution >= 0.6 is 0 Å². The van der Waals surface area contributed by atoms with E-state index in [9.17, 15) is 0 Å². The summed E-state index contributed by atoms with van der Waals surface area (Å²) in [6.07, 6.45) is 0. The Kier molecular flexibility index (Phi) is 3.30. The summed E-state index contributed by atoms with van der Waals surface area (Å²) in [5.41, 5.74) is 3.47. The first-order valence-electron chi connectivity index (χ1n) is 6.67. The molecule has 3 rings (SSSR count). The maximum Gasteiger partial charge on any atom is 0.119 e. The fraction of sp³-hybridized carbons (Fsp3) is 0.111. The van der Waals surface area contributed by atoms with Crippen molar-refractivity contribution >= 4 is 22.1 Å². The van der Waals surface area contributed by atoms with Gasteiger partial charge in [-0.25, -0.2) is 0 Å². The third kappa shape index (κ3) is 2.32. The molecule has 2 heteroatoms. The largest absolute Gasteiger partial charge is 0.497 e. The lowest BCUT2D eigenvalue weighted by Gasteiger charge is -2.12. The van der Waals surface area contributed by atoms with Crippen molar-refractivity contribution in [3.63, 3.8) is 0 Å². The van der Waals surface area contributed by atoms with Crippen molar-refractivity contribution in [1.29, 1.82) is 0 Å². The molecule has 0 aliphatic rings. The van der Waals surface area contributed by atoms with Crippen LogP contribution in [-0.4, -0.2) is 7.11 Å². The minimum Gasteiger partial charge on any atom is -0.497 e. The molecule has 3 aromatic carbocycles. The number of benzene rings is 3. The molecular formula is C18H17NO. The van der Waals surface area contributed by atoms with E-state index >= 15 is 0 Å². The molecule has 2 nitrogen and oxygen atoms in total. The van der Waals surface area contributed by atoms with Crippen molar-refractivity contribution in [2.75, 3.05) is 12.4 Å².